The molecular weight excluding hydrogens is 907 g/mol. The number of likely N-dealkylation sites (tertiary alicyclic amines) is 1. The predicted molar refractivity (Wildman–Crippen MR) is 244 cm³/mol. The fourth-order valence-corrected chi connectivity index (χ4v) is 11.7. The van der Waals surface area contributed by atoms with Gasteiger partial charge in [-0.2, -0.15) is 10.4 Å². The Morgan fingerprint density at radius 1 is 1.01 bits per heavy atom. The van der Waals surface area contributed by atoms with E-state index in [1.165, 1.54) is 46.1 Å². The number of aliphatic hydroxyl groups excluding tert-OH is 1. The van der Waals surface area contributed by atoms with E-state index in [9.17, 15) is 38.3 Å². The van der Waals surface area contributed by atoms with Crippen LogP contribution in [0.15, 0.2) is 53.6 Å². The molecule has 10 rings (SSSR count). The molecule has 358 valence electrons. The summed E-state index contributed by atoms with van der Waals surface area (Å²) in [4.78, 5) is 49.7. The maximum Gasteiger partial charge on any atom is 0.325 e. The van der Waals surface area contributed by atoms with Crippen molar-refractivity contribution in [3.8, 4) is 17.6 Å². The van der Waals surface area contributed by atoms with Gasteiger partial charge in [0, 0.05) is 51.6 Å². The van der Waals surface area contributed by atoms with Gasteiger partial charge in [-0.15, -0.1) is 0 Å². The lowest BCUT2D eigenvalue weighted by atomic mass is 9.85. The number of sulfonamides is 1. The SMILES string of the molecule is Cn1nc(N2CCC(O)NC2=O)c2cc(F)c(N3CCC(O)(CC(=O)N4CCC5(CC4)C[C@@H](n4cnc6ccc(Oc7c(F)ccc(NS(=O)(=O)C8CCC8)c7C#N)cc6c4=O)CO5)CC3)cc21. The summed E-state index contributed by atoms with van der Waals surface area (Å²) in [6.45, 7) is 1.84. The number of nitrogens with zero attached hydrogens (tertiary/aromatic N) is 8. The summed E-state index contributed by atoms with van der Waals surface area (Å²) in [6.07, 6.45) is 4.47. The Morgan fingerprint density at radius 3 is 2.49 bits per heavy atom. The molecule has 19 nitrogen and oxygen atoms in total. The third-order valence-corrected chi connectivity index (χ3v) is 16.2. The minimum Gasteiger partial charge on any atom is -0.453 e. The van der Waals surface area contributed by atoms with Crippen molar-refractivity contribution < 1.29 is 46.5 Å². The van der Waals surface area contributed by atoms with E-state index in [0.717, 1.165) is 12.5 Å². The summed E-state index contributed by atoms with van der Waals surface area (Å²) < 4.78 is 74.3. The monoisotopic (exact) mass is 956 g/mol. The molecule has 0 radical (unpaired) electrons. The van der Waals surface area contributed by atoms with Gasteiger partial charge in [0.1, 0.15) is 29.4 Å². The van der Waals surface area contributed by atoms with Crippen molar-refractivity contribution in [3.05, 3.63) is 76.3 Å². The first kappa shape index (κ1) is 45.4. The average molecular weight is 957 g/mol. The number of carbonyl (C=O) groups is 2. The highest BCUT2D eigenvalue weighted by molar-refractivity contribution is 7.93. The molecule has 1 saturated carbocycles. The number of anilines is 3. The van der Waals surface area contributed by atoms with Crippen molar-refractivity contribution in [1.29, 1.82) is 5.26 Å². The molecule has 0 bridgehead atoms. The fourth-order valence-electron chi connectivity index (χ4n) is 10.1. The number of fused-ring (bicyclic) bond motifs is 2. The molecule has 5 fully saturated rings. The van der Waals surface area contributed by atoms with Crippen LogP contribution in [-0.2, 0) is 26.6 Å². The number of urea groups is 1. The van der Waals surface area contributed by atoms with Gasteiger partial charge >= 0.3 is 6.03 Å². The molecule has 5 aromatic rings. The predicted octanol–water partition coefficient (Wildman–Crippen LogP) is 4.50. The average Bonchev–Trinajstić information content (AvgIpc) is 3.83. The van der Waals surface area contributed by atoms with Gasteiger partial charge < -0.3 is 34.8 Å². The number of aliphatic hydroxyl groups is 2. The zero-order chi connectivity index (χ0) is 47.7. The Morgan fingerprint density at radius 2 is 1.78 bits per heavy atom. The van der Waals surface area contributed by atoms with E-state index in [0.29, 0.717) is 92.6 Å². The zero-order valence-corrected chi connectivity index (χ0v) is 38.0. The summed E-state index contributed by atoms with van der Waals surface area (Å²) in [7, 11) is -2.09. The van der Waals surface area contributed by atoms with Crippen LogP contribution in [-0.4, -0.2) is 117 Å². The number of hydrogen-bond donors (Lipinski definition) is 4. The Labute approximate surface area is 388 Å². The van der Waals surface area contributed by atoms with E-state index >= 15 is 8.78 Å². The van der Waals surface area contributed by atoms with Crippen molar-refractivity contribution in [2.45, 2.75) is 92.9 Å². The molecule has 2 atom stereocenters. The highest BCUT2D eigenvalue weighted by Gasteiger charge is 2.46. The first-order valence-electron chi connectivity index (χ1n) is 22.8. The van der Waals surface area contributed by atoms with Crippen LogP contribution in [0.1, 0.15) is 75.8 Å². The fraction of sp³-hybridized carbons (Fsp3) is 0.478. The maximum absolute atomic E-state index is 15.7. The van der Waals surface area contributed by atoms with Gasteiger partial charge in [-0.1, -0.05) is 6.42 Å². The van der Waals surface area contributed by atoms with Crippen LogP contribution in [0.25, 0.3) is 21.8 Å². The molecule has 4 N–H and O–H groups in total. The lowest BCUT2D eigenvalue weighted by Crippen LogP contribution is -2.52. The van der Waals surface area contributed by atoms with E-state index in [4.69, 9.17) is 9.47 Å². The van der Waals surface area contributed by atoms with Crippen LogP contribution in [0, 0.1) is 23.0 Å². The molecule has 4 saturated heterocycles. The van der Waals surface area contributed by atoms with Gasteiger partial charge in [-0.25, -0.2) is 27.0 Å². The zero-order valence-electron chi connectivity index (χ0n) is 37.2. The second-order valence-electron chi connectivity index (χ2n) is 18.6. The second-order valence-corrected chi connectivity index (χ2v) is 20.6. The maximum atomic E-state index is 15.7. The largest absolute Gasteiger partial charge is 0.453 e. The summed E-state index contributed by atoms with van der Waals surface area (Å²) >= 11 is 0. The van der Waals surface area contributed by atoms with Gasteiger partial charge in [0.2, 0.25) is 15.9 Å². The van der Waals surface area contributed by atoms with Crippen LogP contribution in [0.4, 0.5) is 30.8 Å². The lowest BCUT2D eigenvalue weighted by Gasteiger charge is -2.42. The van der Waals surface area contributed by atoms with E-state index < -0.39 is 56.1 Å². The van der Waals surface area contributed by atoms with E-state index in [1.807, 2.05) is 11.0 Å². The molecule has 1 spiro atoms. The van der Waals surface area contributed by atoms with Crippen LogP contribution >= 0.6 is 0 Å². The number of carbonyl (C=O) groups excluding carboxylic acids is 2. The molecule has 4 aliphatic heterocycles. The molecule has 1 unspecified atom stereocenters. The number of amides is 3. The number of benzene rings is 3. The number of nitrogens with one attached hydrogen (secondary N) is 2. The second kappa shape index (κ2) is 17.3. The van der Waals surface area contributed by atoms with Crippen molar-refractivity contribution in [2.75, 3.05) is 53.9 Å². The van der Waals surface area contributed by atoms with Crippen LogP contribution in [0.5, 0.6) is 11.5 Å². The Balaban J connectivity index is 0.755. The van der Waals surface area contributed by atoms with Gasteiger partial charge in [-0.3, -0.25) is 28.5 Å². The molecule has 5 aliphatic rings. The topological polar surface area (TPSA) is 237 Å². The van der Waals surface area contributed by atoms with Gasteiger partial charge in [0.15, 0.2) is 17.4 Å². The summed E-state index contributed by atoms with van der Waals surface area (Å²) in [6, 6.07) is 10.6. The number of nitriles is 1. The third-order valence-electron chi connectivity index (χ3n) is 14.4. The van der Waals surface area contributed by atoms with Crippen molar-refractivity contribution in [3.63, 3.8) is 0 Å². The normalized spacial score (nSPS) is 21.8. The number of aromatic nitrogens is 4. The lowest BCUT2D eigenvalue weighted by molar-refractivity contribution is -0.142. The van der Waals surface area contributed by atoms with E-state index in [2.05, 4.69) is 20.1 Å². The van der Waals surface area contributed by atoms with Crippen LogP contribution in [0.3, 0.4) is 0 Å². The minimum absolute atomic E-state index is 0.0376. The van der Waals surface area contributed by atoms with Gasteiger partial charge in [-0.05, 0) is 87.4 Å². The number of piperidine rings is 2. The van der Waals surface area contributed by atoms with Crippen molar-refractivity contribution >= 4 is 61.0 Å². The Kier molecular flexibility index (Phi) is 11.5. The smallest absolute Gasteiger partial charge is 0.325 e. The number of halogens is 2. The summed E-state index contributed by atoms with van der Waals surface area (Å²) in [5.74, 6) is -1.75. The first-order valence-corrected chi connectivity index (χ1v) is 24.3. The molecule has 22 heteroatoms. The Bertz CT molecular complexity index is 3070. The third kappa shape index (κ3) is 8.34. The molecule has 1 aliphatic carbocycles. The minimum atomic E-state index is -3.79. The van der Waals surface area contributed by atoms with Gasteiger partial charge in [0.25, 0.3) is 5.56 Å². The number of aryl methyl sites for hydroxylation is 1. The first-order chi connectivity index (χ1) is 32.5. The number of ether oxygens (including phenoxy) is 2. The molecule has 6 heterocycles. The number of rotatable bonds is 10. The molecule has 68 heavy (non-hydrogen) atoms. The summed E-state index contributed by atoms with van der Waals surface area (Å²) in [5, 5.41) is 38.3. The molecular formula is C46H50F2N10O9S. The standard InChI is InChI=1S/C46H50F2N10O9S/c1-54-37-21-38(34(48)20-31(37)42(52-54)57-14-9-39(59)51-44(57)62)55-15-10-45(63,11-16-55)23-40(60)56-17-12-46(13-18-56)22-27(25-66-46)58-26-50-35-7-5-28(19-30(35)43(58)61)67-41-32(24-49)36(8-6-33(41)47)53-68(64,65)29-3-2-4-29/h5-8,19-21,26-27,29,39,53,59,63H,2-4,9-18,22-23,25H2,1H3,(H,51,62)/t27-,39?/m1/s1. The van der Waals surface area contributed by atoms with Crippen LogP contribution in [0.2, 0.25) is 0 Å². The summed E-state index contributed by atoms with van der Waals surface area (Å²) in [5.41, 5.74) is -1.42. The van der Waals surface area contributed by atoms with Crippen LogP contribution < -0.4 is 30.1 Å². The van der Waals surface area contributed by atoms with Crippen molar-refractivity contribution in [1.82, 2.24) is 29.5 Å². The van der Waals surface area contributed by atoms with Gasteiger partial charge in [0.05, 0.1) is 69.6 Å². The molecule has 3 amide bonds. The molecule has 3 aromatic carbocycles. The highest BCUT2D eigenvalue weighted by atomic mass is 32.2. The van der Waals surface area contributed by atoms with Crippen molar-refractivity contribution in [2.24, 2.45) is 7.05 Å². The quantitative estimate of drug-likeness (QED) is 0.151. The van der Waals surface area contributed by atoms with E-state index in [1.54, 1.807) is 22.7 Å². The van der Waals surface area contributed by atoms with E-state index in [-0.39, 0.29) is 72.3 Å². The Hall–Kier alpha value is -6.41. The molecule has 2 aromatic heterocycles. The highest BCUT2D eigenvalue weighted by Crippen LogP contribution is 2.42. The number of hydrogen-bond acceptors (Lipinski definition) is 13.